The van der Waals surface area contributed by atoms with E-state index in [-0.39, 0.29) is 6.10 Å². The summed E-state index contributed by atoms with van der Waals surface area (Å²) in [7, 11) is 0. The van der Waals surface area contributed by atoms with Gasteiger partial charge in [0.05, 0.1) is 6.10 Å². The lowest BCUT2D eigenvalue weighted by Gasteiger charge is -2.55. The SMILES string of the molecule is CC(C)[C@H](C)C=C[C@@H](C)[C@H]1CC[C@H]2C3=C(CC[C@]12C)[C@@]1(C)CC[C@H](O)C[C@@H]1CC3. The van der Waals surface area contributed by atoms with Crippen molar-refractivity contribution in [2.24, 2.45) is 46.3 Å². The molecule has 0 aromatic rings. The fourth-order valence-corrected chi connectivity index (χ4v) is 8.05. The molecule has 4 aliphatic carbocycles. The van der Waals surface area contributed by atoms with Crippen LogP contribution in [0.3, 0.4) is 0 Å². The van der Waals surface area contributed by atoms with Gasteiger partial charge in [0, 0.05) is 0 Å². The molecule has 4 rings (SSSR count). The Labute approximate surface area is 180 Å². The van der Waals surface area contributed by atoms with Gasteiger partial charge in [-0.3, -0.25) is 0 Å². The Hall–Kier alpha value is -0.560. The number of aliphatic hydroxyl groups is 1. The number of hydrogen-bond donors (Lipinski definition) is 1. The molecule has 0 amide bonds. The first-order valence-corrected chi connectivity index (χ1v) is 12.8. The highest BCUT2D eigenvalue weighted by Crippen LogP contribution is 2.65. The average Bonchev–Trinajstić information content (AvgIpc) is 3.03. The molecule has 1 heteroatoms. The summed E-state index contributed by atoms with van der Waals surface area (Å²) in [6, 6.07) is 0. The van der Waals surface area contributed by atoms with Gasteiger partial charge in [-0.2, -0.15) is 0 Å². The zero-order valence-electron chi connectivity index (χ0n) is 20.0. The molecule has 0 heterocycles. The van der Waals surface area contributed by atoms with Crippen molar-refractivity contribution in [3.05, 3.63) is 23.3 Å². The fraction of sp³-hybridized carbons (Fsp3) is 0.857. The van der Waals surface area contributed by atoms with E-state index in [1.807, 2.05) is 11.1 Å². The highest BCUT2D eigenvalue weighted by atomic mass is 16.3. The van der Waals surface area contributed by atoms with Gasteiger partial charge in [-0.05, 0) is 104 Å². The Morgan fingerprint density at radius 3 is 2.41 bits per heavy atom. The Bertz CT molecular complexity index is 672. The quantitative estimate of drug-likeness (QED) is 0.484. The molecule has 1 nitrogen and oxygen atoms in total. The van der Waals surface area contributed by atoms with Gasteiger partial charge in [-0.15, -0.1) is 0 Å². The molecule has 29 heavy (non-hydrogen) atoms. The zero-order chi connectivity index (χ0) is 21.0. The van der Waals surface area contributed by atoms with Crippen molar-refractivity contribution in [3.8, 4) is 0 Å². The highest BCUT2D eigenvalue weighted by Gasteiger charge is 2.55. The Morgan fingerprint density at radius 1 is 0.931 bits per heavy atom. The number of allylic oxidation sites excluding steroid dienone is 4. The molecule has 0 aliphatic heterocycles. The van der Waals surface area contributed by atoms with Crippen LogP contribution >= 0.6 is 0 Å². The first-order valence-electron chi connectivity index (χ1n) is 12.8. The molecule has 2 saturated carbocycles. The second kappa shape index (κ2) is 7.85. The van der Waals surface area contributed by atoms with Crippen LogP contribution in [0.15, 0.2) is 23.3 Å². The van der Waals surface area contributed by atoms with Gasteiger partial charge < -0.3 is 5.11 Å². The second-order valence-corrected chi connectivity index (χ2v) is 12.2. The lowest BCUT2D eigenvalue weighted by atomic mass is 9.50. The fourth-order valence-electron chi connectivity index (χ4n) is 8.05. The average molecular weight is 399 g/mol. The van der Waals surface area contributed by atoms with Gasteiger partial charge in [-0.25, -0.2) is 0 Å². The van der Waals surface area contributed by atoms with Crippen LogP contribution in [0, 0.1) is 46.3 Å². The predicted molar refractivity (Wildman–Crippen MR) is 124 cm³/mol. The first kappa shape index (κ1) is 21.7. The van der Waals surface area contributed by atoms with Crippen molar-refractivity contribution < 1.29 is 5.11 Å². The summed E-state index contributed by atoms with van der Waals surface area (Å²) in [5.74, 6) is 4.52. The third-order valence-corrected chi connectivity index (χ3v) is 10.4. The van der Waals surface area contributed by atoms with E-state index in [0.29, 0.717) is 22.7 Å². The maximum Gasteiger partial charge on any atom is 0.0543 e. The van der Waals surface area contributed by atoms with Gasteiger partial charge in [0.25, 0.3) is 0 Å². The largest absolute Gasteiger partial charge is 0.393 e. The minimum Gasteiger partial charge on any atom is -0.393 e. The van der Waals surface area contributed by atoms with Crippen molar-refractivity contribution in [3.63, 3.8) is 0 Å². The van der Waals surface area contributed by atoms with E-state index in [2.05, 4.69) is 53.7 Å². The van der Waals surface area contributed by atoms with Crippen molar-refractivity contribution in [2.75, 3.05) is 0 Å². The van der Waals surface area contributed by atoms with Gasteiger partial charge in [0.15, 0.2) is 0 Å². The van der Waals surface area contributed by atoms with Gasteiger partial charge in [0.2, 0.25) is 0 Å². The zero-order valence-corrected chi connectivity index (χ0v) is 20.0. The van der Waals surface area contributed by atoms with Crippen molar-refractivity contribution >= 4 is 0 Å². The summed E-state index contributed by atoms with van der Waals surface area (Å²) in [5.41, 5.74) is 4.65. The second-order valence-electron chi connectivity index (χ2n) is 12.2. The Balaban J connectivity index is 1.56. The lowest BCUT2D eigenvalue weighted by Crippen LogP contribution is -2.45. The molecular weight excluding hydrogens is 352 g/mol. The number of hydrogen-bond acceptors (Lipinski definition) is 1. The minimum atomic E-state index is -0.0409. The van der Waals surface area contributed by atoms with Gasteiger partial charge >= 0.3 is 0 Å². The summed E-state index contributed by atoms with van der Waals surface area (Å²) < 4.78 is 0. The summed E-state index contributed by atoms with van der Waals surface area (Å²) in [5, 5.41) is 10.2. The van der Waals surface area contributed by atoms with Gasteiger partial charge in [0.1, 0.15) is 0 Å². The summed E-state index contributed by atoms with van der Waals surface area (Å²) in [6.45, 7) is 14.7. The van der Waals surface area contributed by atoms with E-state index in [4.69, 9.17) is 0 Å². The number of aliphatic hydroxyl groups excluding tert-OH is 1. The van der Waals surface area contributed by atoms with Crippen molar-refractivity contribution in [1.29, 1.82) is 0 Å². The van der Waals surface area contributed by atoms with Crippen molar-refractivity contribution in [2.45, 2.75) is 105 Å². The van der Waals surface area contributed by atoms with Crippen LogP contribution in [0.2, 0.25) is 0 Å². The van der Waals surface area contributed by atoms with E-state index < -0.39 is 0 Å². The van der Waals surface area contributed by atoms with E-state index in [1.165, 1.54) is 44.9 Å². The normalized spacial score (nSPS) is 44.6. The molecule has 0 radical (unpaired) electrons. The molecule has 0 unspecified atom stereocenters. The Morgan fingerprint density at radius 2 is 1.69 bits per heavy atom. The highest BCUT2D eigenvalue weighted by molar-refractivity contribution is 5.34. The molecule has 8 atom stereocenters. The predicted octanol–water partition coefficient (Wildman–Crippen LogP) is 7.55. The van der Waals surface area contributed by atoms with E-state index in [0.717, 1.165) is 36.5 Å². The van der Waals surface area contributed by atoms with Crippen LogP contribution < -0.4 is 0 Å². The molecule has 1 N–H and O–H groups in total. The Kier molecular flexibility index (Phi) is 5.86. The molecule has 0 spiro atoms. The van der Waals surface area contributed by atoms with E-state index in [1.54, 1.807) is 0 Å². The van der Waals surface area contributed by atoms with Crippen LogP contribution in [0.4, 0.5) is 0 Å². The molecule has 0 saturated heterocycles. The van der Waals surface area contributed by atoms with E-state index in [9.17, 15) is 5.11 Å². The van der Waals surface area contributed by atoms with Crippen LogP contribution in [-0.4, -0.2) is 11.2 Å². The van der Waals surface area contributed by atoms with Crippen LogP contribution in [0.5, 0.6) is 0 Å². The van der Waals surface area contributed by atoms with Crippen LogP contribution in [0.1, 0.15) is 99.3 Å². The molecule has 4 aliphatic rings. The smallest absolute Gasteiger partial charge is 0.0543 e. The molecule has 0 aromatic carbocycles. The third-order valence-electron chi connectivity index (χ3n) is 10.4. The number of fused-ring (bicyclic) bond motifs is 4. The molecule has 2 fully saturated rings. The van der Waals surface area contributed by atoms with Crippen LogP contribution in [-0.2, 0) is 0 Å². The topological polar surface area (TPSA) is 20.2 Å². The summed E-state index contributed by atoms with van der Waals surface area (Å²) in [4.78, 5) is 0. The van der Waals surface area contributed by atoms with Crippen molar-refractivity contribution in [1.82, 2.24) is 0 Å². The van der Waals surface area contributed by atoms with Crippen LogP contribution in [0.25, 0.3) is 0 Å². The number of rotatable bonds is 4. The maximum atomic E-state index is 10.2. The lowest BCUT2D eigenvalue weighted by molar-refractivity contribution is 0.0145. The molecule has 0 bridgehead atoms. The minimum absolute atomic E-state index is 0.0409. The molecule has 164 valence electrons. The summed E-state index contributed by atoms with van der Waals surface area (Å²) in [6.07, 6.45) is 16.5. The molecule has 0 aromatic heterocycles. The van der Waals surface area contributed by atoms with E-state index >= 15 is 0 Å². The third kappa shape index (κ3) is 3.58. The monoisotopic (exact) mass is 398 g/mol. The molecular formula is C28H46O. The van der Waals surface area contributed by atoms with Gasteiger partial charge in [-0.1, -0.05) is 64.8 Å². The summed E-state index contributed by atoms with van der Waals surface area (Å²) >= 11 is 0. The standard InChI is InChI=1S/C28H46O/c1-18(2)19(3)7-8-20(4)24-11-12-25-23-10-9-21-17-22(29)13-15-27(21,5)26(23)14-16-28(24,25)6/h7-8,18-22,24-25,29H,9-17H2,1-6H3/t19-,20-,21+,22+,24-,25+,27+,28-/m1/s1. The first-order chi connectivity index (χ1) is 13.7. The maximum absolute atomic E-state index is 10.2.